The van der Waals surface area contributed by atoms with Crippen molar-refractivity contribution in [1.29, 1.82) is 0 Å². The summed E-state index contributed by atoms with van der Waals surface area (Å²) in [6.45, 7) is 9.20. The summed E-state index contributed by atoms with van der Waals surface area (Å²) in [5.74, 6) is 0. The number of benzene rings is 1. The van der Waals surface area contributed by atoms with E-state index in [4.69, 9.17) is 14.7 Å². The molecule has 1 aromatic heterocycles. The van der Waals surface area contributed by atoms with E-state index in [1.54, 1.807) is 0 Å². The third-order valence-electron chi connectivity index (χ3n) is 5.26. The molecule has 5 nitrogen and oxygen atoms in total. The van der Waals surface area contributed by atoms with Crippen molar-refractivity contribution >= 4 is 11.0 Å². The van der Waals surface area contributed by atoms with Crippen LogP contribution >= 0.6 is 0 Å². The number of piperidine rings is 1. The molecule has 5 heteroatoms. The van der Waals surface area contributed by atoms with Crippen LogP contribution in [0.5, 0.6) is 0 Å². The van der Waals surface area contributed by atoms with Gasteiger partial charge in [0.1, 0.15) is 0 Å². The van der Waals surface area contributed by atoms with Crippen molar-refractivity contribution in [3.63, 3.8) is 0 Å². The number of nitrogens with zero attached hydrogens (tertiary/aromatic N) is 4. The molecule has 0 saturated carbocycles. The third kappa shape index (κ3) is 3.43. The van der Waals surface area contributed by atoms with E-state index < -0.39 is 0 Å². The summed E-state index contributed by atoms with van der Waals surface area (Å²) in [5.41, 5.74) is 4.17. The molecule has 2 saturated heterocycles. The molecule has 1 aromatic carbocycles. The lowest BCUT2D eigenvalue weighted by Gasteiger charge is -2.40. The van der Waals surface area contributed by atoms with E-state index in [0.29, 0.717) is 6.04 Å². The van der Waals surface area contributed by atoms with Crippen molar-refractivity contribution in [3.8, 4) is 0 Å². The highest BCUT2D eigenvalue weighted by Gasteiger charge is 2.27. The van der Waals surface area contributed by atoms with Crippen LogP contribution in [-0.4, -0.2) is 65.2 Å². The van der Waals surface area contributed by atoms with Crippen LogP contribution in [0.15, 0.2) is 24.3 Å². The smallest absolute Gasteiger partial charge is 0.0890 e. The number of likely N-dealkylation sites (tertiary alicyclic amines) is 1. The fourth-order valence-corrected chi connectivity index (χ4v) is 3.90. The number of rotatable bonds is 3. The molecule has 4 rings (SSSR count). The molecule has 0 aliphatic carbocycles. The van der Waals surface area contributed by atoms with Gasteiger partial charge in [0.25, 0.3) is 0 Å². The van der Waals surface area contributed by atoms with Gasteiger partial charge in [0.15, 0.2) is 0 Å². The maximum absolute atomic E-state index is 5.50. The van der Waals surface area contributed by atoms with Gasteiger partial charge < -0.3 is 4.74 Å². The number of hydrogen-bond acceptors (Lipinski definition) is 5. The number of morpholine rings is 1. The molecular formula is C19H26N4O. The molecule has 2 fully saturated rings. The molecule has 0 spiro atoms. The van der Waals surface area contributed by atoms with Gasteiger partial charge in [-0.2, -0.15) is 0 Å². The van der Waals surface area contributed by atoms with Gasteiger partial charge in [0, 0.05) is 32.2 Å². The van der Waals surface area contributed by atoms with Crippen molar-refractivity contribution in [2.75, 3.05) is 39.4 Å². The number of ether oxygens (including phenoxy) is 1. The molecule has 0 radical (unpaired) electrons. The van der Waals surface area contributed by atoms with Gasteiger partial charge in [-0.15, -0.1) is 0 Å². The number of para-hydroxylation sites is 2. The van der Waals surface area contributed by atoms with Crippen molar-refractivity contribution in [1.82, 2.24) is 19.8 Å². The first-order valence-corrected chi connectivity index (χ1v) is 9.06. The SMILES string of the molecule is Cc1nc2ccccc2nc1CN1CCCC(N2CCOCC2)C1. The average Bonchev–Trinajstić information content (AvgIpc) is 2.63. The normalized spacial score (nSPS) is 23.6. The Balaban J connectivity index is 1.47. The largest absolute Gasteiger partial charge is 0.379 e. The number of aryl methyl sites for hydroxylation is 1. The second-order valence-electron chi connectivity index (χ2n) is 6.92. The Hall–Kier alpha value is -1.56. The lowest BCUT2D eigenvalue weighted by atomic mass is 10.0. The molecule has 128 valence electrons. The predicted octanol–water partition coefficient (Wildman–Crippen LogP) is 2.23. The molecular weight excluding hydrogens is 300 g/mol. The Kier molecular flexibility index (Phi) is 4.74. The Morgan fingerprint density at radius 3 is 2.62 bits per heavy atom. The fraction of sp³-hybridized carbons (Fsp3) is 0.579. The van der Waals surface area contributed by atoms with E-state index in [2.05, 4.69) is 22.8 Å². The third-order valence-corrected chi connectivity index (χ3v) is 5.26. The minimum absolute atomic E-state index is 0.663. The lowest BCUT2D eigenvalue weighted by Crippen LogP contribution is -2.51. The van der Waals surface area contributed by atoms with E-state index in [1.165, 1.54) is 12.8 Å². The maximum Gasteiger partial charge on any atom is 0.0890 e. The molecule has 1 atom stereocenters. The first-order chi connectivity index (χ1) is 11.8. The van der Waals surface area contributed by atoms with Crippen LogP contribution in [0.25, 0.3) is 11.0 Å². The summed E-state index contributed by atoms with van der Waals surface area (Å²) in [4.78, 5) is 14.8. The van der Waals surface area contributed by atoms with Crippen molar-refractivity contribution < 1.29 is 4.74 Å². The molecule has 0 N–H and O–H groups in total. The summed E-state index contributed by atoms with van der Waals surface area (Å²) in [6, 6.07) is 8.81. The number of aromatic nitrogens is 2. The minimum atomic E-state index is 0.663. The zero-order valence-electron chi connectivity index (χ0n) is 14.4. The molecule has 0 amide bonds. The van der Waals surface area contributed by atoms with Crippen LogP contribution < -0.4 is 0 Å². The van der Waals surface area contributed by atoms with Crippen LogP contribution in [0.4, 0.5) is 0 Å². The van der Waals surface area contributed by atoms with Gasteiger partial charge in [-0.1, -0.05) is 12.1 Å². The van der Waals surface area contributed by atoms with Crippen LogP contribution in [0.2, 0.25) is 0 Å². The van der Waals surface area contributed by atoms with E-state index >= 15 is 0 Å². The van der Waals surface area contributed by atoms with E-state index in [9.17, 15) is 0 Å². The molecule has 3 heterocycles. The standard InChI is InChI=1S/C19H26N4O/c1-15-19(21-18-7-3-2-6-17(18)20-15)14-22-8-4-5-16(13-22)23-9-11-24-12-10-23/h2-3,6-7,16H,4-5,8-14H2,1H3. The highest BCUT2D eigenvalue weighted by atomic mass is 16.5. The van der Waals surface area contributed by atoms with Crippen molar-refractivity contribution in [2.45, 2.75) is 32.4 Å². The van der Waals surface area contributed by atoms with Gasteiger partial charge in [-0.05, 0) is 38.4 Å². The first kappa shape index (κ1) is 15.9. The minimum Gasteiger partial charge on any atom is -0.379 e. The number of hydrogen-bond donors (Lipinski definition) is 0. The maximum atomic E-state index is 5.50. The van der Waals surface area contributed by atoms with Crippen LogP contribution in [-0.2, 0) is 11.3 Å². The Labute approximate surface area is 143 Å². The van der Waals surface area contributed by atoms with Crippen LogP contribution in [0.1, 0.15) is 24.2 Å². The van der Waals surface area contributed by atoms with E-state index in [1.807, 2.05) is 18.2 Å². The van der Waals surface area contributed by atoms with E-state index in [-0.39, 0.29) is 0 Å². The summed E-state index contributed by atoms with van der Waals surface area (Å²) in [6.07, 6.45) is 2.57. The second-order valence-corrected chi connectivity index (χ2v) is 6.92. The molecule has 2 aliphatic rings. The lowest BCUT2D eigenvalue weighted by molar-refractivity contribution is -0.00374. The second kappa shape index (κ2) is 7.13. The van der Waals surface area contributed by atoms with Gasteiger partial charge in [0.2, 0.25) is 0 Å². The topological polar surface area (TPSA) is 41.5 Å². The molecule has 0 bridgehead atoms. The fourth-order valence-electron chi connectivity index (χ4n) is 3.90. The average molecular weight is 326 g/mol. The summed E-state index contributed by atoms with van der Waals surface area (Å²) >= 11 is 0. The predicted molar refractivity (Wildman–Crippen MR) is 95.0 cm³/mol. The van der Waals surface area contributed by atoms with Crippen LogP contribution in [0.3, 0.4) is 0 Å². The van der Waals surface area contributed by atoms with Gasteiger partial charge >= 0.3 is 0 Å². The van der Waals surface area contributed by atoms with Gasteiger partial charge in [-0.25, -0.2) is 9.97 Å². The highest BCUT2D eigenvalue weighted by Crippen LogP contribution is 2.20. The highest BCUT2D eigenvalue weighted by molar-refractivity contribution is 5.74. The van der Waals surface area contributed by atoms with Crippen molar-refractivity contribution in [2.24, 2.45) is 0 Å². The quantitative estimate of drug-likeness (QED) is 0.865. The Morgan fingerprint density at radius 1 is 1.08 bits per heavy atom. The Morgan fingerprint density at radius 2 is 1.83 bits per heavy atom. The number of fused-ring (bicyclic) bond motifs is 1. The molecule has 1 unspecified atom stereocenters. The zero-order chi connectivity index (χ0) is 16.4. The summed E-state index contributed by atoms with van der Waals surface area (Å²) in [5, 5.41) is 0. The monoisotopic (exact) mass is 326 g/mol. The molecule has 2 aliphatic heterocycles. The van der Waals surface area contributed by atoms with E-state index in [0.717, 1.165) is 68.4 Å². The summed E-state index contributed by atoms with van der Waals surface area (Å²) in [7, 11) is 0. The first-order valence-electron chi connectivity index (χ1n) is 9.06. The summed E-state index contributed by atoms with van der Waals surface area (Å²) < 4.78 is 5.50. The Bertz CT molecular complexity index is 699. The molecule has 24 heavy (non-hydrogen) atoms. The van der Waals surface area contributed by atoms with Gasteiger partial charge in [0.05, 0.1) is 35.6 Å². The van der Waals surface area contributed by atoms with Crippen LogP contribution in [0, 0.1) is 6.92 Å². The molecule has 2 aromatic rings. The van der Waals surface area contributed by atoms with Gasteiger partial charge in [-0.3, -0.25) is 9.80 Å². The van der Waals surface area contributed by atoms with Crippen molar-refractivity contribution in [3.05, 3.63) is 35.7 Å². The zero-order valence-corrected chi connectivity index (χ0v) is 14.4.